The highest BCUT2D eigenvalue weighted by atomic mass is 79.9. The second-order valence-corrected chi connectivity index (χ2v) is 3.73. The van der Waals surface area contributed by atoms with Crippen LogP contribution in [-0.4, -0.2) is 5.11 Å². The fourth-order valence-electron chi connectivity index (χ4n) is 1.11. The van der Waals surface area contributed by atoms with Crippen LogP contribution in [0.1, 0.15) is 25.3 Å². The van der Waals surface area contributed by atoms with Crippen molar-refractivity contribution in [1.29, 1.82) is 0 Å². The molecule has 0 atom stereocenters. The van der Waals surface area contributed by atoms with Gasteiger partial charge in [0.1, 0.15) is 5.75 Å². The van der Waals surface area contributed by atoms with E-state index in [0.29, 0.717) is 5.75 Å². The van der Waals surface area contributed by atoms with Gasteiger partial charge >= 0.3 is 0 Å². The molecule has 0 aliphatic carbocycles. The lowest BCUT2D eigenvalue weighted by Gasteiger charge is -2.03. The topological polar surface area (TPSA) is 20.2 Å². The number of unbranched alkanes of at least 4 members (excludes halogenated alkanes) is 1. The number of phenolic OH excluding ortho intramolecular Hbond substituents is 1. The van der Waals surface area contributed by atoms with Crippen LogP contribution in [0.2, 0.25) is 0 Å². The van der Waals surface area contributed by atoms with Crippen molar-refractivity contribution in [3.05, 3.63) is 28.2 Å². The number of rotatable bonds is 3. The van der Waals surface area contributed by atoms with Crippen molar-refractivity contribution in [1.82, 2.24) is 0 Å². The van der Waals surface area contributed by atoms with Crippen LogP contribution in [0.5, 0.6) is 5.75 Å². The van der Waals surface area contributed by atoms with Gasteiger partial charge in [0.2, 0.25) is 0 Å². The lowest BCUT2D eigenvalue weighted by molar-refractivity contribution is 0.474. The third-order valence-corrected chi connectivity index (χ3v) is 2.57. The Balaban J connectivity index is 2.72. The molecular weight excluding hydrogens is 216 g/mol. The monoisotopic (exact) mass is 228 g/mol. The maximum absolute atomic E-state index is 9.13. The highest BCUT2D eigenvalue weighted by molar-refractivity contribution is 9.10. The summed E-state index contributed by atoms with van der Waals surface area (Å²) in [6.07, 6.45) is 3.48. The van der Waals surface area contributed by atoms with Gasteiger partial charge in [0, 0.05) is 4.47 Å². The molecule has 0 heterocycles. The summed E-state index contributed by atoms with van der Waals surface area (Å²) >= 11 is 3.42. The number of benzene rings is 1. The van der Waals surface area contributed by atoms with Gasteiger partial charge in [0.05, 0.1) is 0 Å². The molecule has 0 bridgehead atoms. The quantitative estimate of drug-likeness (QED) is 0.840. The Bertz CT molecular complexity index is 258. The molecule has 0 spiro atoms. The van der Waals surface area contributed by atoms with Crippen molar-refractivity contribution in [2.24, 2.45) is 0 Å². The lowest BCUT2D eigenvalue weighted by atomic mass is 10.1. The Morgan fingerprint density at radius 1 is 1.42 bits per heavy atom. The van der Waals surface area contributed by atoms with Gasteiger partial charge in [-0.05, 0) is 30.5 Å². The van der Waals surface area contributed by atoms with Crippen LogP contribution in [0.25, 0.3) is 0 Å². The van der Waals surface area contributed by atoms with E-state index < -0.39 is 0 Å². The number of hydrogen-bond acceptors (Lipinski definition) is 1. The van der Waals surface area contributed by atoms with Gasteiger partial charge in [0.25, 0.3) is 0 Å². The van der Waals surface area contributed by atoms with Gasteiger partial charge in [-0.15, -0.1) is 0 Å². The Morgan fingerprint density at radius 2 is 2.17 bits per heavy atom. The molecule has 1 aromatic rings. The van der Waals surface area contributed by atoms with Crippen LogP contribution in [0, 0.1) is 0 Å². The maximum atomic E-state index is 9.13. The Morgan fingerprint density at radius 3 is 2.75 bits per heavy atom. The molecule has 1 rings (SSSR count). The van der Waals surface area contributed by atoms with E-state index in [2.05, 4.69) is 22.9 Å². The van der Waals surface area contributed by atoms with Crippen molar-refractivity contribution in [3.8, 4) is 5.75 Å². The second kappa shape index (κ2) is 4.51. The zero-order valence-electron chi connectivity index (χ0n) is 7.18. The van der Waals surface area contributed by atoms with Crippen LogP contribution in [0.15, 0.2) is 22.7 Å². The average Bonchev–Trinajstić information content (AvgIpc) is 2.03. The van der Waals surface area contributed by atoms with E-state index in [0.717, 1.165) is 10.9 Å². The predicted molar refractivity (Wildman–Crippen MR) is 54.4 cm³/mol. The fourth-order valence-corrected chi connectivity index (χ4v) is 1.67. The summed E-state index contributed by atoms with van der Waals surface area (Å²) in [4.78, 5) is 0. The van der Waals surface area contributed by atoms with Crippen molar-refractivity contribution in [3.63, 3.8) is 0 Å². The van der Waals surface area contributed by atoms with E-state index in [1.165, 1.54) is 18.4 Å². The molecule has 0 aromatic heterocycles. The number of phenols is 1. The van der Waals surface area contributed by atoms with Crippen LogP contribution in [0.3, 0.4) is 0 Å². The van der Waals surface area contributed by atoms with E-state index in [1.54, 1.807) is 12.1 Å². The molecule has 0 aliphatic heterocycles. The van der Waals surface area contributed by atoms with E-state index in [9.17, 15) is 0 Å². The Hall–Kier alpha value is -0.500. The predicted octanol–water partition coefficient (Wildman–Crippen LogP) is 3.50. The molecule has 0 amide bonds. The van der Waals surface area contributed by atoms with Gasteiger partial charge in [-0.2, -0.15) is 0 Å². The molecule has 1 nitrogen and oxygen atoms in total. The molecule has 2 heteroatoms. The third kappa shape index (κ3) is 2.52. The highest BCUT2D eigenvalue weighted by Gasteiger charge is 1.99. The smallest absolute Gasteiger partial charge is 0.116 e. The van der Waals surface area contributed by atoms with E-state index in [-0.39, 0.29) is 0 Å². The van der Waals surface area contributed by atoms with Crippen LogP contribution >= 0.6 is 15.9 Å². The average molecular weight is 229 g/mol. The minimum absolute atomic E-state index is 0.321. The van der Waals surface area contributed by atoms with E-state index in [1.807, 2.05) is 6.07 Å². The van der Waals surface area contributed by atoms with Gasteiger partial charge in [-0.1, -0.05) is 35.3 Å². The number of hydrogen-bond donors (Lipinski definition) is 1. The molecule has 0 fully saturated rings. The maximum Gasteiger partial charge on any atom is 0.116 e. The largest absolute Gasteiger partial charge is 0.508 e. The summed E-state index contributed by atoms with van der Waals surface area (Å²) in [6, 6.07) is 5.44. The second-order valence-electron chi connectivity index (χ2n) is 2.88. The lowest BCUT2D eigenvalue weighted by Crippen LogP contribution is -1.85. The summed E-state index contributed by atoms with van der Waals surface area (Å²) < 4.78 is 1.01. The van der Waals surface area contributed by atoms with Crippen LogP contribution in [-0.2, 0) is 6.42 Å². The first-order valence-electron chi connectivity index (χ1n) is 4.21. The molecule has 0 saturated carbocycles. The highest BCUT2D eigenvalue weighted by Crippen LogP contribution is 2.23. The number of aryl methyl sites for hydroxylation is 1. The van der Waals surface area contributed by atoms with Gasteiger partial charge in [0.15, 0.2) is 0 Å². The first-order chi connectivity index (χ1) is 5.74. The molecule has 1 aromatic carbocycles. The molecule has 0 aliphatic rings. The van der Waals surface area contributed by atoms with E-state index >= 15 is 0 Å². The standard InChI is InChI=1S/C10H13BrO/c1-2-3-4-8-5-6-9(12)7-10(8)11/h5-7,12H,2-4H2,1H3. The Kier molecular flexibility index (Phi) is 3.60. The first-order valence-corrected chi connectivity index (χ1v) is 5.00. The summed E-state index contributed by atoms with van der Waals surface area (Å²) in [5, 5.41) is 9.13. The van der Waals surface area contributed by atoms with Gasteiger partial charge < -0.3 is 5.11 Å². The molecule has 0 radical (unpaired) electrons. The fraction of sp³-hybridized carbons (Fsp3) is 0.400. The molecule has 0 saturated heterocycles. The van der Waals surface area contributed by atoms with Crippen molar-refractivity contribution in [2.75, 3.05) is 0 Å². The molecule has 1 N–H and O–H groups in total. The van der Waals surface area contributed by atoms with Crippen molar-refractivity contribution in [2.45, 2.75) is 26.2 Å². The Labute approximate surface area is 81.6 Å². The van der Waals surface area contributed by atoms with Gasteiger partial charge in [-0.25, -0.2) is 0 Å². The first kappa shape index (κ1) is 9.59. The summed E-state index contributed by atoms with van der Waals surface area (Å²) in [5.41, 5.74) is 1.27. The molecule has 66 valence electrons. The van der Waals surface area contributed by atoms with Crippen molar-refractivity contribution < 1.29 is 5.11 Å². The summed E-state index contributed by atoms with van der Waals surface area (Å²) in [7, 11) is 0. The van der Waals surface area contributed by atoms with Crippen molar-refractivity contribution >= 4 is 15.9 Å². The normalized spacial score (nSPS) is 10.2. The van der Waals surface area contributed by atoms with Crippen LogP contribution in [0.4, 0.5) is 0 Å². The summed E-state index contributed by atoms with van der Waals surface area (Å²) in [6.45, 7) is 2.17. The zero-order valence-corrected chi connectivity index (χ0v) is 8.76. The van der Waals surface area contributed by atoms with Gasteiger partial charge in [-0.3, -0.25) is 0 Å². The van der Waals surface area contributed by atoms with Crippen LogP contribution < -0.4 is 0 Å². The number of aromatic hydroxyl groups is 1. The number of halogens is 1. The third-order valence-electron chi connectivity index (χ3n) is 1.84. The minimum Gasteiger partial charge on any atom is -0.508 e. The molecule has 12 heavy (non-hydrogen) atoms. The van der Waals surface area contributed by atoms with E-state index in [4.69, 9.17) is 5.11 Å². The minimum atomic E-state index is 0.321. The SMILES string of the molecule is CCCCc1ccc(O)cc1Br. The molecular formula is C10H13BrO. The summed E-state index contributed by atoms with van der Waals surface area (Å²) in [5.74, 6) is 0.321. The zero-order chi connectivity index (χ0) is 8.97. The molecule has 0 unspecified atom stereocenters.